The average molecular weight is 441 g/mol. The summed E-state index contributed by atoms with van der Waals surface area (Å²) in [5.41, 5.74) is 2.03. The van der Waals surface area contributed by atoms with Crippen molar-refractivity contribution >= 4 is 62.2 Å². The lowest BCUT2D eigenvalue weighted by Gasteiger charge is -2.08. The molecule has 2 aromatic rings. The first-order chi connectivity index (χ1) is 10.4. The molecule has 0 fully saturated rings. The zero-order valence-corrected chi connectivity index (χ0v) is 15.6. The highest BCUT2D eigenvalue weighted by molar-refractivity contribution is 14.1. The van der Waals surface area contributed by atoms with E-state index < -0.39 is 0 Å². The SMILES string of the molecule is Cc1sc(NC(=S)NC(=O)c2cccc(I)c2)c(C#N)c1C. The zero-order chi connectivity index (χ0) is 16.3. The van der Waals surface area contributed by atoms with E-state index in [1.807, 2.05) is 26.0 Å². The highest BCUT2D eigenvalue weighted by Crippen LogP contribution is 2.31. The van der Waals surface area contributed by atoms with Gasteiger partial charge in [-0.15, -0.1) is 11.3 Å². The van der Waals surface area contributed by atoms with Crippen molar-refractivity contribution in [3.63, 3.8) is 0 Å². The first-order valence-electron chi connectivity index (χ1n) is 6.30. The Balaban J connectivity index is 2.09. The molecule has 7 heteroatoms. The number of anilines is 1. The quantitative estimate of drug-likeness (QED) is 0.547. The lowest BCUT2D eigenvalue weighted by atomic mass is 10.2. The molecule has 1 aromatic carbocycles. The summed E-state index contributed by atoms with van der Waals surface area (Å²) in [5.74, 6) is -0.278. The molecule has 112 valence electrons. The predicted molar refractivity (Wildman–Crippen MR) is 101 cm³/mol. The molecular weight excluding hydrogens is 429 g/mol. The number of aryl methyl sites for hydroxylation is 1. The fourth-order valence-electron chi connectivity index (χ4n) is 1.79. The molecule has 0 bridgehead atoms. The number of thiocarbonyl (C=S) groups is 1. The van der Waals surface area contributed by atoms with Gasteiger partial charge in [0, 0.05) is 14.0 Å². The van der Waals surface area contributed by atoms with Gasteiger partial charge in [-0.25, -0.2) is 0 Å². The number of thiophene rings is 1. The van der Waals surface area contributed by atoms with Crippen molar-refractivity contribution in [3.05, 3.63) is 49.4 Å². The van der Waals surface area contributed by atoms with Crippen LogP contribution in [0.4, 0.5) is 5.00 Å². The smallest absolute Gasteiger partial charge is 0.257 e. The molecular formula is C15H12IN3OS2. The Labute approximate surface area is 151 Å². The first-order valence-corrected chi connectivity index (χ1v) is 8.60. The fraction of sp³-hybridized carbons (Fsp3) is 0.133. The number of nitriles is 1. The van der Waals surface area contributed by atoms with E-state index in [2.05, 4.69) is 39.3 Å². The topological polar surface area (TPSA) is 64.9 Å². The summed E-state index contributed by atoms with van der Waals surface area (Å²) in [5, 5.41) is 15.6. The third kappa shape index (κ3) is 3.82. The van der Waals surface area contributed by atoms with Crippen LogP contribution >= 0.6 is 46.1 Å². The zero-order valence-electron chi connectivity index (χ0n) is 11.9. The number of hydrogen-bond acceptors (Lipinski definition) is 4. The predicted octanol–water partition coefficient (Wildman–Crippen LogP) is 3.97. The van der Waals surface area contributed by atoms with Crippen LogP contribution in [0, 0.1) is 28.7 Å². The second kappa shape index (κ2) is 7.17. The van der Waals surface area contributed by atoms with E-state index in [1.54, 1.807) is 12.1 Å². The standard InChI is InChI=1S/C15H12IN3OS2/c1-8-9(2)22-14(12(8)7-17)19-15(21)18-13(20)10-4-3-5-11(16)6-10/h3-6H,1-2H3,(H2,18,19,20,21). The lowest BCUT2D eigenvalue weighted by Crippen LogP contribution is -2.34. The van der Waals surface area contributed by atoms with Crippen LogP contribution in [-0.4, -0.2) is 11.0 Å². The molecule has 0 spiro atoms. The second-order valence-electron chi connectivity index (χ2n) is 4.52. The van der Waals surface area contributed by atoms with Gasteiger partial charge in [-0.3, -0.25) is 10.1 Å². The van der Waals surface area contributed by atoms with Gasteiger partial charge in [0.15, 0.2) is 5.11 Å². The highest BCUT2D eigenvalue weighted by Gasteiger charge is 2.14. The minimum atomic E-state index is -0.278. The molecule has 0 atom stereocenters. The van der Waals surface area contributed by atoms with Crippen LogP contribution in [0.15, 0.2) is 24.3 Å². The minimum absolute atomic E-state index is 0.182. The van der Waals surface area contributed by atoms with Gasteiger partial charge in [-0.1, -0.05) is 6.07 Å². The van der Waals surface area contributed by atoms with Crippen LogP contribution in [0.3, 0.4) is 0 Å². The first kappa shape index (κ1) is 16.9. The normalized spacial score (nSPS) is 9.91. The van der Waals surface area contributed by atoms with Crippen LogP contribution in [0.1, 0.15) is 26.4 Å². The maximum atomic E-state index is 12.1. The molecule has 0 unspecified atom stereocenters. The van der Waals surface area contributed by atoms with Crippen molar-refractivity contribution in [2.75, 3.05) is 5.32 Å². The van der Waals surface area contributed by atoms with Crippen LogP contribution < -0.4 is 10.6 Å². The Bertz CT molecular complexity index is 793. The van der Waals surface area contributed by atoms with Gasteiger partial charge in [0.1, 0.15) is 11.1 Å². The maximum Gasteiger partial charge on any atom is 0.257 e. The molecule has 0 saturated heterocycles. The van der Waals surface area contributed by atoms with Gasteiger partial charge < -0.3 is 5.32 Å². The Morgan fingerprint density at radius 2 is 2.14 bits per heavy atom. The second-order valence-corrected chi connectivity index (χ2v) is 7.40. The third-order valence-corrected chi connectivity index (χ3v) is 5.04. The number of hydrogen-bond donors (Lipinski definition) is 2. The summed E-state index contributed by atoms with van der Waals surface area (Å²) in [6.07, 6.45) is 0. The van der Waals surface area contributed by atoms with Gasteiger partial charge in [0.2, 0.25) is 0 Å². The molecule has 22 heavy (non-hydrogen) atoms. The van der Waals surface area contributed by atoms with E-state index in [4.69, 9.17) is 12.2 Å². The summed E-state index contributed by atoms with van der Waals surface area (Å²) < 4.78 is 0.973. The van der Waals surface area contributed by atoms with Gasteiger partial charge >= 0.3 is 0 Å². The van der Waals surface area contributed by atoms with Crippen molar-refractivity contribution in [2.45, 2.75) is 13.8 Å². The summed E-state index contributed by atoms with van der Waals surface area (Å²) in [6, 6.07) is 9.38. The number of benzene rings is 1. The van der Waals surface area contributed by atoms with Crippen LogP contribution in [0.2, 0.25) is 0 Å². The Kier molecular flexibility index (Phi) is 5.50. The summed E-state index contributed by atoms with van der Waals surface area (Å²) in [7, 11) is 0. The number of amides is 1. The molecule has 0 aliphatic heterocycles. The van der Waals surface area contributed by atoms with Crippen molar-refractivity contribution in [1.29, 1.82) is 5.26 Å². The van der Waals surface area contributed by atoms with E-state index in [1.165, 1.54) is 11.3 Å². The maximum absolute atomic E-state index is 12.1. The van der Waals surface area contributed by atoms with E-state index in [0.717, 1.165) is 14.0 Å². The third-order valence-electron chi connectivity index (χ3n) is 3.04. The van der Waals surface area contributed by atoms with Crippen molar-refractivity contribution in [2.24, 2.45) is 0 Å². The number of carbonyl (C=O) groups is 1. The van der Waals surface area contributed by atoms with Crippen LogP contribution in [0.5, 0.6) is 0 Å². The largest absolute Gasteiger partial charge is 0.323 e. The van der Waals surface area contributed by atoms with Crippen LogP contribution in [-0.2, 0) is 0 Å². The van der Waals surface area contributed by atoms with Gasteiger partial charge in [-0.2, -0.15) is 5.26 Å². The Hall–Kier alpha value is -1.50. The van der Waals surface area contributed by atoms with Crippen LogP contribution in [0.25, 0.3) is 0 Å². The van der Waals surface area contributed by atoms with Gasteiger partial charge in [-0.05, 0) is 72.4 Å². The number of halogens is 1. The molecule has 0 aliphatic carbocycles. The fourth-order valence-corrected chi connectivity index (χ4v) is 3.61. The van der Waals surface area contributed by atoms with Crippen molar-refractivity contribution < 1.29 is 4.79 Å². The van der Waals surface area contributed by atoms with Crippen molar-refractivity contribution in [3.8, 4) is 6.07 Å². The lowest BCUT2D eigenvalue weighted by molar-refractivity contribution is 0.0977. The molecule has 1 heterocycles. The van der Waals surface area contributed by atoms with E-state index >= 15 is 0 Å². The highest BCUT2D eigenvalue weighted by atomic mass is 127. The summed E-state index contributed by atoms with van der Waals surface area (Å²) in [6.45, 7) is 3.84. The van der Waals surface area contributed by atoms with Gasteiger partial charge in [0.25, 0.3) is 5.91 Å². The number of rotatable bonds is 2. The van der Waals surface area contributed by atoms with Crippen molar-refractivity contribution in [1.82, 2.24) is 5.32 Å². The van der Waals surface area contributed by atoms with Gasteiger partial charge in [0.05, 0.1) is 5.56 Å². The van der Waals surface area contributed by atoms with E-state index in [9.17, 15) is 10.1 Å². The number of carbonyl (C=O) groups excluding carboxylic acids is 1. The minimum Gasteiger partial charge on any atom is -0.323 e. The average Bonchev–Trinajstić information content (AvgIpc) is 2.73. The Morgan fingerprint density at radius 1 is 1.41 bits per heavy atom. The molecule has 1 aromatic heterocycles. The Morgan fingerprint density at radius 3 is 2.77 bits per heavy atom. The molecule has 4 nitrogen and oxygen atoms in total. The summed E-state index contributed by atoms with van der Waals surface area (Å²) in [4.78, 5) is 13.2. The monoisotopic (exact) mass is 441 g/mol. The molecule has 0 saturated carbocycles. The van der Waals surface area contributed by atoms with E-state index in [0.29, 0.717) is 16.1 Å². The summed E-state index contributed by atoms with van der Waals surface area (Å²) >= 11 is 8.75. The molecule has 0 radical (unpaired) electrons. The molecule has 1 amide bonds. The molecule has 0 aliphatic rings. The van der Waals surface area contributed by atoms with E-state index in [-0.39, 0.29) is 11.0 Å². The molecule has 2 rings (SSSR count). The molecule has 2 N–H and O–H groups in total. The number of nitrogens with zero attached hydrogens (tertiary/aromatic N) is 1. The number of nitrogens with one attached hydrogen (secondary N) is 2.